The maximum absolute atomic E-state index is 11.6. The van der Waals surface area contributed by atoms with E-state index in [-0.39, 0.29) is 5.91 Å². The highest BCUT2D eigenvalue weighted by molar-refractivity contribution is 5.96. The molecule has 0 aliphatic rings. The minimum Gasteiger partial charge on any atom is -0.491 e. The number of nitrogens with one attached hydrogen (secondary N) is 1. The monoisotopic (exact) mass is 289 g/mol. The Labute approximate surface area is 123 Å². The fraction of sp³-hybridized carbons (Fsp3) is 0.267. The highest BCUT2D eigenvalue weighted by Crippen LogP contribution is 2.17. The number of likely N-dealkylation sites (N-methyl/N-ethyl adjacent to an activating group) is 1. The van der Waals surface area contributed by atoms with Crippen LogP contribution in [0.5, 0.6) is 5.75 Å². The number of hydrogen-bond donors (Lipinski definition) is 2. The lowest BCUT2D eigenvalue weighted by Gasteiger charge is -2.16. The van der Waals surface area contributed by atoms with Crippen LogP contribution in [-0.2, 0) is 6.54 Å². The number of hydrogen-bond acceptors (Lipinski definition) is 5. The maximum Gasteiger partial charge on any atom is 0.268 e. The van der Waals surface area contributed by atoms with Crippen molar-refractivity contribution in [2.24, 2.45) is 5.84 Å². The summed E-state index contributed by atoms with van der Waals surface area (Å²) in [6.45, 7) is 1.98. The van der Waals surface area contributed by atoms with Crippen molar-refractivity contribution in [2.45, 2.75) is 6.54 Å². The summed E-state index contributed by atoms with van der Waals surface area (Å²) in [7, 11) is 1.99. The second-order valence-electron chi connectivity index (χ2n) is 4.69. The minimum atomic E-state index is -0.364. The van der Waals surface area contributed by atoms with Crippen LogP contribution in [0.2, 0.25) is 0 Å². The summed E-state index contributed by atoms with van der Waals surface area (Å²) in [5, 5.41) is 0. The third-order valence-corrected chi connectivity index (χ3v) is 3.03. The lowest BCUT2D eigenvalue weighted by Crippen LogP contribution is -2.30. The number of amides is 1. The number of carbonyl (C=O) groups excluding carboxylic acids is 1. The third-order valence-electron chi connectivity index (χ3n) is 3.03. The molecule has 0 aliphatic carbocycles. The van der Waals surface area contributed by atoms with Crippen LogP contribution in [0, 0.1) is 0 Å². The summed E-state index contributed by atoms with van der Waals surface area (Å²) in [6, 6.07) is 8.94. The molecule has 6 heteroatoms. The van der Waals surface area contributed by atoms with Crippen LogP contribution in [0.4, 0.5) is 0 Å². The molecule has 0 unspecified atom stereocenters. The molecule has 0 spiro atoms. The maximum atomic E-state index is 11.6. The molecule has 0 atom stereocenters. The van der Waals surface area contributed by atoms with E-state index in [0.717, 1.165) is 18.7 Å². The van der Waals surface area contributed by atoms with Gasteiger partial charge in [-0.3, -0.25) is 15.1 Å². The average molecular weight is 289 g/mol. The summed E-state index contributed by atoms with van der Waals surface area (Å²) < 4.78 is 10.7. The van der Waals surface area contributed by atoms with Crippen LogP contribution in [-0.4, -0.2) is 31.0 Å². The number of hydrazine groups is 1. The predicted molar refractivity (Wildman–Crippen MR) is 78.6 cm³/mol. The largest absolute Gasteiger partial charge is 0.491 e. The minimum absolute atomic E-state index is 0.364. The van der Waals surface area contributed by atoms with E-state index < -0.39 is 0 Å². The van der Waals surface area contributed by atoms with E-state index in [1.165, 1.54) is 0 Å². The molecule has 0 bridgehead atoms. The summed E-state index contributed by atoms with van der Waals surface area (Å²) in [5.74, 6) is 5.31. The number of ether oxygens (including phenoxy) is 1. The smallest absolute Gasteiger partial charge is 0.268 e. The number of benzene rings is 1. The van der Waals surface area contributed by atoms with E-state index in [2.05, 4.69) is 10.3 Å². The van der Waals surface area contributed by atoms with Crippen molar-refractivity contribution in [3.63, 3.8) is 0 Å². The fourth-order valence-electron chi connectivity index (χ4n) is 1.94. The highest BCUT2D eigenvalue weighted by Gasteiger charge is 2.10. The van der Waals surface area contributed by atoms with Gasteiger partial charge in [0, 0.05) is 18.7 Å². The molecule has 6 nitrogen and oxygen atoms in total. The van der Waals surface area contributed by atoms with Gasteiger partial charge in [-0.2, -0.15) is 0 Å². The van der Waals surface area contributed by atoms with Gasteiger partial charge in [0.25, 0.3) is 5.91 Å². The quantitative estimate of drug-likeness (QED) is 0.457. The molecule has 0 aliphatic heterocycles. The Morgan fingerprint density at radius 2 is 2.19 bits per heavy atom. The highest BCUT2D eigenvalue weighted by atomic mass is 16.5. The first kappa shape index (κ1) is 15.1. The Morgan fingerprint density at radius 3 is 2.90 bits per heavy atom. The molecule has 0 fully saturated rings. The standard InChI is InChI=1S/C15H19N3O3/c1-18(10-12-6-8-20-11-12)7-9-21-14-5-3-2-4-13(14)15(19)17-16/h2-6,8,11H,7,9-10,16H2,1H3,(H,17,19). The molecule has 1 aromatic carbocycles. The molecule has 0 saturated heterocycles. The van der Waals surface area contributed by atoms with Gasteiger partial charge in [-0.05, 0) is 25.2 Å². The SMILES string of the molecule is CN(CCOc1ccccc1C(=O)NN)Cc1ccoc1. The lowest BCUT2D eigenvalue weighted by molar-refractivity contribution is 0.0949. The molecule has 112 valence electrons. The molecular weight excluding hydrogens is 270 g/mol. The van der Waals surface area contributed by atoms with Crippen molar-refractivity contribution >= 4 is 5.91 Å². The van der Waals surface area contributed by atoms with Crippen molar-refractivity contribution in [1.29, 1.82) is 0 Å². The van der Waals surface area contributed by atoms with Crippen LogP contribution >= 0.6 is 0 Å². The summed E-state index contributed by atoms with van der Waals surface area (Å²) in [5.41, 5.74) is 3.65. The van der Waals surface area contributed by atoms with Crippen molar-refractivity contribution in [3.8, 4) is 5.75 Å². The van der Waals surface area contributed by atoms with Gasteiger partial charge in [0.2, 0.25) is 0 Å². The van der Waals surface area contributed by atoms with Gasteiger partial charge in [-0.1, -0.05) is 12.1 Å². The van der Waals surface area contributed by atoms with E-state index in [4.69, 9.17) is 15.0 Å². The van der Waals surface area contributed by atoms with Crippen LogP contribution in [0.25, 0.3) is 0 Å². The van der Waals surface area contributed by atoms with Gasteiger partial charge in [-0.25, -0.2) is 5.84 Å². The summed E-state index contributed by atoms with van der Waals surface area (Å²) in [4.78, 5) is 13.7. The van der Waals surface area contributed by atoms with Gasteiger partial charge >= 0.3 is 0 Å². The number of furan rings is 1. The molecule has 21 heavy (non-hydrogen) atoms. The van der Waals surface area contributed by atoms with E-state index in [9.17, 15) is 4.79 Å². The van der Waals surface area contributed by atoms with Gasteiger partial charge in [-0.15, -0.1) is 0 Å². The van der Waals surface area contributed by atoms with Gasteiger partial charge < -0.3 is 9.15 Å². The first-order valence-electron chi connectivity index (χ1n) is 6.63. The third kappa shape index (κ3) is 4.34. The van der Waals surface area contributed by atoms with Gasteiger partial charge in [0.05, 0.1) is 18.1 Å². The fourth-order valence-corrected chi connectivity index (χ4v) is 1.94. The van der Waals surface area contributed by atoms with Crippen LogP contribution in [0.1, 0.15) is 15.9 Å². The zero-order valence-electron chi connectivity index (χ0n) is 11.9. The molecule has 1 aromatic heterocycles. The van der Waals surface area contributed by atoms with Crippen molar-refractivity contribution in [1.82, 2.24) is 10.3 Å². The van der Waals surface area contributed by atoms with Gasteiger partial charge in [0.1, 0.15) is 12.4 Å². The Bertz CT molecular complexity index is 569. The van der Waals surface area contributed by atoms with Crippen molar-refractivity contribution in [2.75, 3.05) is 20.2 Å². The number of carbonyl (C=O) groups is 1. The molecular formula is C15H19N3O3. The van der Waals surface area contributed by atoms with E-state index in [1.807, 2.05) is 19.2 Å². The molecule has 2 rings (SSSR count). The number of nitrogen functional groups attached to an aromatic ring is 1. The summed E-state index contributed by atoms with van der Waals surface area (Å²) in [6.07, 6.45) is 3.37. The number of nitrogens with zero attached hydrogens (tertiary/aromatic N) is 1. The summed E-state index contributed by atoms with van der Waals surface area (Å²) >= 11 is 0. The molecule has 3 N–H and O–H groups in total. The Morgan fingerprint density at radius 1 is 1.38 bits per heavy atom. The second kappa shape index (κ2) is 7.47. The van der Waals surface area contributed by atoms with E-state index in [0.29, 0.717) is 17.9 Å². The Kier molecular flexibility index (Phi) is 5.36. The average Bonchev–Trinajstić information content (AvgIpc) is 3.00. The van der Waals surface area contributed by atoms with Gasteiger partial charge in [0.15, 0.2) is 0 Å². The van der Waals surface area contributed by atoms with Crippen LogP contribution in [0.15, 0.2) is 47.3 Å². The molecule has 0 saturated carbocycles. The second-order valence-corrected chi connectivity index (χ2v) is 4.69. The Hall–Kier alpha value is -2.31. The Balaban J connectivity index is 1.84. The lowest BCUT2D eigenvalue weighted by atomic mass is 10.2. The van der Waals surface area contributed by atoms with E-state index in [1.54, 1.807) is 30.7 Å². The number of nitrogens with two attached hydrogens (primary N) is 1. The number of rotatable bonds is 7. The number of para-hydroxylation sites is 1. The zero-order chi connectivity index (χ0) is 15.1. The topological polar surface area (TPSA) is 80.7 Å². The van der Waals surface area contributed by atoms with Crippen LogP contribution < -0.4 is 16.0 Å². The predicted octanol–water partition coefficient (Wildman–Crippen LogP) is 1.39. The first-order valence-corrected chi connectivity index (χ1v) is 6.63. The van der Waals surface area contributed by atoms with E-state index >= 15 is 0 Å². The molecule has 0 radical (unpaired) electrons. The molecule has 1 amide bonds. The zero-order valence-corrected chi connectivity index (χ0v) is 11.9. The van der Waals surface area contributed by atoms with Crippen molar-refractivity contribution < 1.29 is 13.9 Å². The normalized spacial score (nSPS) is 10.6. The molecule has 2 aromatic rings. The molecule has 1 heterocycles. The van der Waals surface area contributed by atoms with Crippen molar-refractivity contribution in [3.05, 3.63) is 54.0 Å². The first-order chi connectivity index (χ1) is 10.2. The van der Waals surface area contributed by atoms with Crippen LogP contribution in [0.3, 0.4) is 0 Å².